The van der Waals surface area contributed by atoms with E-state index in [0.29, 0.717) is 53.4 Å². The van der Waals surface area contributed by atoms with Crippen LogP contribution in [0.3, 0.4) is 0 Å². The van der Waals surface area contributed by atoms with Gasteiger partial charge in [-0.2, -0.15) is 0 Å². The molecule has 3 amide bonds. The number of aliphatic hydroxyl groups is 3. The number of alkyl carbamates (subject to hydrolysis) is 3. The number of carbonyl (C=O) groups is 5. The predicted octanol–water partition coefficient (Wildman–Crippen LogP) is 6.54. The minimum absolute atomic E-state index is 0.0309. The Kier molecular flexibility index (Phi) is 38.7. The molecular weight excluding hydrogens is 1280 g/mol. The molecule has 0 aromatic heterocycles. The van der Waals surface area contributed by atoms with Gasteiger partial charge in [-0.25, -0.2) is 14.4 Å². The van der Waals surface area contributed by atoms with Gasteiger partial charge in [0.25, 0.3) is 0 Å². The maximum atomic E-state index is 11.9. The summed E-state index contributed by atoms with van der Waals surface area (Å²) < 4.78 is 26.6. The normalized spacial score (nSPS) is 29.6. The van der Waals surface area contributed by atoms with Crippen LogP contribution in [0.15, 0.2) is 0 Å². The van der Waals surface area contributed by atoms with E-state index in [9.17, 15) is 34.2 Å². The number of carbonyl (C=O) groups excluding carboxylic acids is 5. The van der Waals surface area contributed by atoms with E-state index in [1.807, 2.05) is 62.3 Å². The molecule has 8 rings (SSSR count). The molecule has 0 aromatic carbocycles. The minimum Gasteiger partial charge on any atom is -0.462 e. The summed E-state index contributed by atoms with van der Waals surface area (Å²) in [5.41, 5.74) is 4.58. The van der Waals surface area contributed by atoms with E-state index in [1.54, 1.807) is 0 Å². The Hall–Kier alpha value is -3.73. The largest absolute Gasteiger partial charge is 0.462 e. The molecule has 12 atom stereocenters. The molecule has 8 saturated heterocycles. The summed E-state index contributed by atoms with van der Waals surface area (Å²) in [5, 5.41) is 41.0. The first kappa shape index (κ1) is 88.7. The van der Waals surface area contributed by atoms with Gasteiger partial charge in [0, 0.05) is 199 Å². The SMILES string of the molecule is CC(=O)OC1[C@H](C)CN(CCN2CCC(NC(=O)OC(C)(C)C)CC2)C[C@@H]1C.CC(=O)OC1[C@H](C)CNC[C@@H]1C.CC(C)(C)OC(=O)NC1CCN(CCO)CC1.C[C@@H]1CN(CCN2CCC(N)CC2)C[C@H](C)C1O.C[C@@H]1CN(CCN2CCC(NC(=O)OC(C)(C)C)CC2)C[C@H](C)C1O. The van der Waals surface area contributed by atoms with Crippen LogP contribution >= 0.6 is 0 Å². The second-order valence-electron chi connectivity index (χ2n) is 34.1. The first-order chi connectivity index (χ1) is 46.7. The van der Waals surface area contributed by atoms with Crippen LogP contribution < -0.4 is 27.0 Å². The molecule has 0 aliphatic carbocycles. The maximum absolute atomic E-state index is 11.9. The molecule has 8 heterocycles. The van der Waals surface area contributed by atoms with Crippen LogP contribution in [-0.2, 0) is 33.3 Å². The van der Waals surface area contributed by atoms with Crippen LogP contribution in [0, 0.1) is 47.3 Å². The van der Waals surface area contributed by atoms with Gasteiger partial charge in [0.15, 0.2) is 0 Å². The lowest BCUT2D eigenvalue weighted by Gasteiger charge is -2.41. The summed E-state index contributed by atoms with van der Waals surface area (Å²) in [7, 11) is 0. The average molecular weight is 1420 g/mol. The lowest BCUT2D eigenvalue weighted by molar-refractivity contribution is -0.156. The topological polar surface area (TPSA) is 289 Å². The van der Waals surface area contributed by atoms with Crippen molar-refractivity contribution < 1.29 is 63.0 Å². The highest BCUT2D eigenvalue weighted by molar-refractivity contribution is 5.69. The van der Waals surface area contributed by atoms with E-state index < -0.39 is 16.8 Å². The summed E-state index contributed by atoms with van der Waals surface area (Å²) in [4.78, 5) is 74.5. The van der Waals surface area contributed by atoms with Gasteiger partial charge < -0.3 is 100 Å². The van der Waals surface area contributed by atoms with Gasteiger partial charge in [-0.05, 0) is 150 Å². The van der Waals surface area contributed by atoms with Crippen LogP contribution in [0.25, 0.3) is 0 Å². The number of piperidine rings is 8. The summed E-state index contributed by atoms with van der Waals surface area (Å²) in [6.45, 7) is 60.5. The summed E-state index contributed by atoms with van der Waals surface area (Å²) >= 11 is 0. The molecule has 25 nitrogen and oxygen atoms in total. The zero-order valence-corrected chi connectivity index (χ0v) is 66.0. The fourth-order valence-corrected chi connectivity index (χ4v) is 15.2. The molecule has 0 radical (unpaired) electrons. The quantitative estimate of drug-likeness (QED) is 0.0601. The van der Waals surface area contributed by atoms with Crippen molar-refractivity contribution in [3.8, 4) is 0 Å². The van der Waals surface area contributed by atoms with E-state index in [0.717, 1.165) is 202 Å². The van der Waals surface area contributed by atoms with E-state index in [-0.39, 0.29) is 79.4 Å². The van der Waals surface area contributed by atoms with Gasteiger partial charge in [-0.15, -0.1) is 0 Å². The Morgan fingerprint density at radius 2 is 0.630 bits per heavy atom. The number of amides is 3. The van der Waals surface area contributed by atoms with Crippen LogP contribution in [-0.4, -0.2) is 302 Å². The zero-order chi connectivity index (χ0) is 74.7. The standard InChI is InChI=1S/C21H39N3O4.C19H37N3O3.C14H29N3O.C12H24N2O3.C9H17NO2/c1-15-13-24(14-16(2)19(15)27-17(3)25)12-11-23-9-7-18(8-10-23)22-20(26)28-21(4,5)6;1-14-12-22(13-15(2)17(14)23)11-10-21-8-6-16(7-9-21)20-18(24)25-19(3,4)5;1-11-9-17(10-12(2)14(11)18)8-7-16-5-3-13(15)4-6-16;1-12(2,3)17-11(16)13-10-4-6-14(7-5-10)8-9-15;1-6-4-10-5-7(2)9(6)12-8(3)11/h15-16,18-19H,7-14H2,1-6H3,(H,22,26);14-17,23H,6-13H2,1-5H3,(H,20,24);11-14,18H,3-10,15H2,1-2H3;10,15H,4-9H2,1-3H3,(H,13,16);6-7,9-10H,4-5H2,1-3H3/t15-,16+,19?;14-,15+,17?;11-,12+,14?;;6-,7+,9?. The van der Waals surface area contributed by atoms with Crippen molar-refractivity contribution >= 4 is 30.2 Å². The molecule has 8 aliphatic heterocycles. The van der Waals surface area contributed by atoms with E-state index in [2.05, 4.69) is 111 Å². The highest BCUT2D eigenvalue weighted by Gasteiger charge is 2.37. The fraction of sp³-hybridized carbons (Fsp3) is 0.933. The molecule has 25 heteroatoms. The van der Waals surface area contributed by atoms with E-state index in [4.69, 9.17) is 34.5 Å². The lowest BCUT2D eigenvalue weighted by Crippen LogP contribution is -2.52. The van der Waals surface area contributed by atoms with Gasteiger partial charge in [0.1, 0.15) is 29.0 Å². The minimum atomic E-state index is -0.456. The Balaban J connectivity index is 0.000000272. The number of esters is 2. The monoisotopic (exact) mass is 1420 g/mol. The number of rotatable bonds is 16. The summed E-state index contributed by atoms with van der Waals surface area (Å²) in [6.07, 6.45) is 6.89. The highest BCUT2D eigenvalue weighted by Crippen LogP contribution is 2.27. The number of nitrogens with one attached hydrogen (secondary N) is 4. The average Bonchev–Trinajstić information content (AvgIpc) is 0.848. The second kappa shape index (κ2) is 43.7. The molecule has 0 aromatic rings. The third-order valence-corrected chi connectivity index (χ3v) is 20.6. The van der Waals surface area contributed by atoms with Crippen molar-refractivity contribution in [1.82, 2.24) is 55.6 Å². The summed E-state index contributed by atoms with van der Waals surface area (Å²) in [5.74, 6) is 2.75. The van der Waals surface area contributed by atoms with Gasteiger partial charge in [0.05, 0.1) is 18.8 Å². The number of ether oxygens (including phenoxy) is 5. The number of hydrogen-bond acceptors (Lipinski definition) is 22. The smallest absolute Gasteiger partial charge is 0.407 e. The number of likely N-dealkylation sites (tertiary alicyclic amines) is 7. The third-order valence-electron chi connectivity index (χ3n) is 20.6. The van der Waals surface area contributed by atoms with Gasteiger partial charge in [0.2, 0.25) is 0 Å². The molecule has 0 bridgehead atoms. The van der Waals surface area contributed by atoms with Crippen molar-refractivity contribution in [2.24, 2.45) is 53.1 Å². The summed E-state index contributed by atoms with van der Waals surface area (Å²) in [6, 6.07) is 1.04. The molecule has 0 spiro atoms. The number of aliphatic hydroxyl groups excluding tert-OH is 3. The first-order valence-corrected chi connectivity index (χ1v) is 38.6. The number of nitrogens with two attached hydrogens (primary N) is 1. The Labute approximate surface area is 604 Å². The van der Waals surface area contributed by atoms with Crippen LogP contribution in [0.2, 0.25) is 0 Å². The zero-order valence-electron chi connectivity index (χ0n) is 66.0. The molecule has 4 unspecified atom stereocenters. The Morgan fingerprint density at radius 3 is 0.890 bits per heavy atom. The molecule has 100 heavy (non-hydrogen) atoms. The molecule has 8 aliphatic rings. The molecule has 9 N–H and O–H groups in total. The van der Waals surface area contributed by atoms with E-state index in [1.165, 1.54) is 13.8 Å². The van der Waals surface area contributed by atoms with Crippen molar-refractivity contribution in [3.63, 3.8) is 0 Å². The van der Waals surface area contributed by atoms with Gasteiger partial charge in [-0.3, -0.25) is 9.59 Å². The lowest BCUT2D eigenvalue weighted by atomic mass is 9.88. The highest BCUT2D eigenvalue weighted by atomic mass is 16.6. The molecule has 0 saturated carbocycles. The number of hydrogen-bond donors (Lipinski definition) is 8. The van der Waals surface area contributed by atoms with Gasteiger partial charge in [-0.1, -0.05) is 55.4 Å². The van der Waals surface area contributed by atoms with Crippen LogP contribution in [0.5, 0.6) is 0 Å². The van der Waals surface area contributed by atoms with Crippen molar-refractivity contribution in [3.05, 3.63) is 0 Å². The Morgan fingerprint density at radius 1 is 0.390 bits per heavy atom. The molecule has 584 valence electrons. The first-order valence-electron chi connectivity index (χ1n) is 38.6. The van der Waals surface area contributed by atoms with E-state index >= 15 is 0 Å². The molecular formula is C75H146N12O13. The third kappa shape index (κ3) is 35.8. The van der Waals surface area contributed by atoms with Gasteiger partial charge >= 0.3 is 30.2 Å². The predicted molar refractivity (Wildman–Crippen MR) is 396 cm³/mol. The fourth-order valence-electron chi connectivity index (χ4n) is 15.2. The van der Waals surface area contributed by atoms with Crippen molar-refractivity contribution in [2.75, 3.05) is 157 Å². The Bertz CT molecular complexity index is 2290. The second-order valence-corrected chi connectivity index (χ2v) is 34.1. The van der Waals surface area contributed by atoms with Crippen molar-refractivity contribution in [1.29, 1.82) is 0 Å². The van der Waals surface area contributed by atoms with Crippen molar-refractivity contribution in [2.45, 2.75) is 248 Å². The maximum Gasteiger partial charge on any atom is 0.407 e. The number of β-amino-alcohol motifs (C(OH)–C–C–N with tert-alkyl or cyclic N) is 1. The number of nitrogens with zero attached hydrogens (tertiary/aromatic N) is 7. The van der Waals surface area contributed by atoms with Crippen LogP contribution in [0.1, 0.15) is 183 Å². The molecule has 8 fully saturated rings. The van der Waals surface area contributed by atoms with Crippen LogP contribution in [0.4, 0.5) is 14.4 Å².